The highest BCUT2D eigenvalue weighted by molar-refractivity contribution is 7.85. The molecule has 5 nitrogen and oxygen atoms in total. The first kappa shape index (κ1) is 11.1. The summed E-state index contributed by atoms with van der Waals surface area (Å²) in [6, 6.07) is 0. The summed E-state index contributed by atoms with van der Waals surface area (Å²) >= 11 is 0. The number of hydrogen-bond donors (Lipinski definition) is 2. The first-order chi connectivity index (χ1) is 3.97. The summed E-state index contributed by atoms with van der Waals surface area (Å²) in [5, 5.41) is 5.40. The minimum atomic E-state index is -3.66. The minimum Gasteiger partial charge on any atom is -0.286 e. The first-order valence-electron chi connectivity index (χ1n) is 1.97. The van der Waals surface area contributed by atoms with Crippen molar-refractivity contribution in [2.75, 3.05) is 5.75 Å². The smallest absolute Gasteiger partial charge is 0.264 e. The van der Waals surface area contributed by atoms with Gasteiger partial charge in [0.2, 0.25) is 6.08 Å². The molecule has 54 valence electrons. The third-order valence-electron chi connectivity index (χ3n) is 0.365. The van der Waals surface area contributed by atoms with Gasteiger partial charge < -0.3 is 0 Å². The molecule has 0 aromatic carbocycles. The molecule has 0 bridgehead atoms. The number of rotatable bonds is 1. The average Bonchev–Trinajstić information content (AvgIpc) is 1.67. The average molecular weight is 153 g/mol. The Hall–Kier alpha value is -0.710. The van der Waals surface area contributed by atoms with E-state index in [2.05, 4.69) is 0 Å². The Morgan fingerprint density at radius 3 is 1.78 bits per heavy atom. The Balaban J connectivity index is 0. The molecule has 6 heteroatoms. The fraction of sp³-hybridized carbons (Fsp3) is 0.667. The Bertz CT molecular complexity index is 176. The number of isocyanates is 1. The van der Waals surface area contributed by atoms with Crippen molar-refractivity contribution >= 4 is 16.2 Å². The van der Waals surface area contributed by atoms with Crippen LogP contribution >= 0.6 is 0 Å². The van der Waals surface area contributed by atoms with E-state index in [1.54, 1.807) is 0 Å². The van der Waals surface area contributed by atoms with Gasteiger partial charge in [0.1, 0.15) is 0 Å². The Morgan fingerprint density at radius 1 is 1.67 bits per heavy atom. The molecule has 0 fully saturated rings. The molecule has 0 aromatic heterocycles. The minimum absolute atomic E-state index is 0.201. The van der Waals surface area contributed by atoms with Crippen LogP contribution in [0.2, 0.25) is 0 Å². The molecule has 0 spiro atoms. The lowest BCUT2D eigenvalue weighted by Crippen LogP contribution is -1.97. The van der Waals surface area contributed by atoms with Crippen molar-refractivity contribution in [1.82, 2.24) is 0 Å². The van der Waals surface area contributed by atoms with E-state index in [1.165, 1.54) is 6.92 Å². The Kier molecular flexibility index (Phi) is 6.71. The van der Waals surface area contributed by atoms with E-state index in [0.717, 1.165) is 6.08 Å². The van der Waals surface area contributed by atoms with Crippen molar-refractivity contribution in [1.29, 1.82) is 5.41 Å². The molecule has 0 aliphatic heterocycles. The van der Waals surface area contributed by atoms with Crippen molar-refractivity contribution in [2.45, 2.75) is 6.92 Å². The molecular weight excluding hydrogens is 146 g/mol. The monoisotopic (exact) mass is 153 g/mol. The van der Waals surface area contributed by atoms with E-state index < -0.39 is 10.1 Å². The largest absolute Gasteiger partial charge is 0.286 e. The maximum atomic E-state index is 9.56. The van der Waals surface area contributed by atoms with Crippen LogP contribution in [-0.4, -0.2) is 24.8 Å². The van der Waals surface area contributed by atoms with Crippen molar-refractivity contribution in [2.24, 2.45) is 0 Å². The summed E-state index contributed by atoms with van der Waals surface area (Å²) in [7, 11) is -3.66. The number of nitrogens with one attached hydrogen (secondary N) is 1. The first-order valence-corrected chi connectivity index (χ1v) is 3.57. The lowest BCUT2D eigenvalue weighted by Gasteiger charge is -1.79. The van der Waals surface area contributed by atoms with Crippen LogP contribution < -0.4 is 0 Å². The SMILES string of the molecule is CCS(=O)(=O)O.N=C=O. The number of hydrogen-bond acceptors (Lipinski definition) is 4. The fourth-order valence-corrected chi connectivity index (χ4v) is 0. The van der Waals surface area contributed by atoms with Crippen molar-refractivity contribution in [3.8, 4) is 0 Å². The quantitative estimate of drug-likeness (QED) is 0.309. The highest BCUT2D eigenvalue weighted by atomic mass is 32.2. The zero-order valence-electron chi connectivity index (χ0n) is 4.79. The topological polar surface area (TPSA) is 95.3 Å². The van der Waals surface area contributed by atoms with Crippen LogP contribution in [0.25, 0.3) is 0 Å². The van der Waals surface area contributed by atoms with Gasteiger partial charge in [0.25, 0.3) is 10.1 Å². The Morgan fingerprint density at radius 2 is 1.78 bits per heavy atom. The van der Waals surface area contributed by atoms with Crippen LogP contribution in [0.1, 0.15) is 6.92 Å². The molecule has 9 heavy (non-hydrogen) atoms. The van der Waals surface area contributed by atoms with Crippen molar-refractivity contribution in [3.05, 3.63) is 0 Å². The molecule has 0 amide bonds. The van der Waals surface area contributed by atoms with Gasteiger partial charge in [-0.15, -0.1) is 0 Å². The molecule has 0 radical (unpaired) electrons. The van der Waals surface area contributed by atoms with E-state index in [1.807, 2.05) is 0 Å². The van der Waals surface area contributed by atoms with E-state index in [-0.39, 0.29) is 5.75 Å². The predicted molar refractivity (Wildman–Crippen MR) is 30.5 cm³/mol. The summed E-state index contributed by atoms with van der Waals surface area (Å²) in [5.41, 5.74) is 0. The lowest BCUT2D eigenvalue weighted by molar-refractivity contribution is 0.484. The molecular formula is C3H7NO4S. The molecule has 0 rings (SSSR count). The van der Waals surface area contributed by atoms with Gasteiger partial charge in [-0.3, -0.25) is 4.55 Å². The van der Waals surface area contributed by atoms with Gasteiger partial charge in [-0.1, -0.05) is 0 Å². The molecule has 0 saturated heterocycles. The fourth-order valence-electron chi connectivity index (χ4n) is 0. The summed E-state index contributed by atoms with van der Waals surface area (Å²) in [5.74, 6) is -0.201. The third-order valence-corrected chi connectivity index (χ3v) is 1.09. The summed E-state index contributed by atoms with van der Waals surface area (Å²) in [4.78, 5) is 8.35. The van der Waals surface area contributed by atoms with Gasteiger partial charge in [-0.05, 0) is 6.92 Å². The second kappa shape index (κ2) is 5.43. The molecule has 0 unspecified atom stereocenters. The zero-order chi connectivity index (χ0) is 7.91. The normalized spacial score (nSPS) is 8.67. The molecule has 0 aliphatic rings. The standard InChI is InChI=1S/C2H6O3S.CHNO/c1-2-6(3,4)5;2-1-3/h2H2,1H3,(H,3,4,5);2H. The van der Waals surface area contributed by atoms with Crippen LogP contribution in [0.5, 0.6) is 0 Å². The molecule has 0 atom stereocenters. The van der Waals surface area contributed by atoms with Gasteiger partial charge in [0.05, 0.1) is 5.75 Å². The van der Waals surface area contributed by atoms with Crippen LogP contribution in [-0.2, 0) is 14.9 Å². The van der Waals surface area contributed by atoms with Gasteiger partial charge >= 0.3 is 0 Å². The van der Waals surface area contributed by atoms with Gasteiger partial charge in [-0.2, -0.15) is 8.42 Å². The van der Waals surface area contributed by atoms with Gasteiger partial charge in [0.15, 0.2) is 0 Å². The van der Waals surface area contributed by atoms with Crippen LogP contribution in [0, 0.1) is 5.41 Å². The number of carbonyl (C=O) groups excluding carboxylic acids is 1. The molecule has 2 N–H and O–H groups in total. The van der Waals surface area contributed by atoms with Crippen molar-refractivity contribution in [3.63, 3.8) is 0 Å². The lowest BCUT2D eigenvalue weighted by atomic mass is 11.0. The highest BCUT2D eigenvalue weighted by Crippen LogP contribution is 1.74. The summed E-state index contributed by atoms with van der Waals surface area (Å²) in [6.07, 6.45) is 0.750. The van der Waals surface area contributed by atoms with Gasteiger partial charge in [-0.25, -0.2) is 10.2 Å². The van der Waals surface area contributed by atoms with E-state index >= 15 is 0 Å². The molecule has 0 saturated carbocycles. The third kappa shape index (κ3) is 38.9. The molecule has 0 aromatic rings. The maximum absolute atomic E-state index is 9.56. The molecule has 0 heterocycles. The van der Waals surface area contributed by atoms with Crippen LogP contribution in [0.3, 0.4) is 0 Å². The highest BCUT2D eigenvalue weighted by Gasteiger charge is 1.93. The van der Waals surface area contributed by atoms with Crippen LogP contribution in [0.4, 0.5) is 0 Å². The van der Waals surface area contributed by atoms with E-state index in [4.69, 9.17) is 14.8 Å². The molecule has 0 aliphatic carbocycles. The van der Waals surface area contributed by atoms with Gasteiger partial charge in [0, 0.05) is 0 Å². The second-order valence-electron chi connectivity index (χ2n) is 0.973. The van der Waals surface area contributed by atoms with E-state index in [9.17, 15) is 8.42 Å². The summed E-state index contributed by atoms with van der Waals surface area (Å²) in [6.45, 7) is 1.37. The predicted octanol–water partition coefficient (Wildman–Crippen LogP) is -0.205. The van der Waals surface area contributed by atoms with Crippen LogP contribution in [0.15, 0.2) is 0 Å². The summed E-state index contributed by atoms with van der Waals surface area (Å²) < 4.78 is 26.9. The second-order valence-corrected chi connectivity index (χ2v) is 2.71. The Labute approximate surface area is 53.0 Å². The van der Waals surface area contributed by atoms with E-state index in [0.29, 0.717) is 0 Å². The van der Waals surface area contributed by atoms with Crippen molar-refractivity contribution < 1.29 is 17.8 Å². The zero-order valence-corrected chi connectivity index (χ0v) is 5.60. The maximum Gasteiger partial charge on any atom is 0.264 e.